The molecule has 1 unspecified atom stereocenters. The molecule has 3 N–H and O–H groups in total. The van der Waals surface area contributed by atoms with Crippen molar-refractivity contribution in [3.8, 4) is 0 Å². The molecule has 0 saturated carbocycles. The van der Waals surface area contributed by atoms with Crippen molar-refractivity contribution in [2.45, 2.75) is 18.0 Å². The quantitative estimate of drug-likeness (QED) is 0.250. The smallest absolute Gasteiger partial charge is 0.323 e. The minimum atomic E-state index is -4.97. The zero-order valence-electron chi connectivity index (χ0n) is 9.82. The van der Waals surface area contributed by atoms with Crippen LogP contribution < -0.4 is 4.57 Å². The maximum Gasteiger partial charge on any atom is 0.346 e. The Kier molecular flexibility index (Phi) is 5.54. The molecule has 0 amide bonds. The Hall–Kier alpha value is -0.440. The van der Waals surface area contributed by atoms with E-state index in [4.69, 9.17) is 14.3 Å². The molecule has 0 saturated heterocycles. The summed E-state index contributed by atoms with van der Waals surface area (Å²) in [5.74, 6) is 0.480. The standard InChI is InChI=1S/C9H14NO6PS2/c11-17(12,13)9(19(14,15)16)7-8-3-1-2-4-10(8)5-6-18/h1-4,9H,5-7H2,(H3-,11,12,13,14,15,16,18)/p+1. The molecule has 108 valence electrons. The van der Waals surface area contributed by atoms with Crippen molar-refractivity contribution in [1.29, 1.82) is 0 Å². The summed E-state index contributed by atoms with van der Waals surface area (Å²) in [5.41, 5.74) is 0.391. The molecule has 0 fully saturated rings. The predicted molar refractivity (Wildman–Crippen MR) is 71.6 cm³/mol. The van der Waals surface area contributed by atoms with E-state index in [1.54, 1.807) is 22.9 Å². The van der Waals surface area contributed by atoms with Crippen LogP contribution >= 0.6 is 20.2 Å². The lowest BCUT2D eigenvalue weighted by Crippen LogP contribution is -2.41. The highest BCUT2D eigenvalue weighted by Crippen LogP contribution is 2.45. The van der Waals surface area contributed by atoms with E-state index in [1.807, 2.05) is 0 Å². The number of thiol groups is 1. The van der Waals surface area contributed by atoms with Gasteiger partial charge in [0.05, 0.1) is 6.42 Å². The molecule has 1 aromatic rings. The first kappa shape index (κ1) is 16.6. The van der Waals surface area contributed by atoms with Gasteiger partial charge >= 0.3 is 7.60 Å². The molecule has 7 nitrogen and oxygen atoms in total. The van der Waals surface area contributed by atoms with Crippen LogP contribution in [0.5, 0.6) is 0 Å². The first-order valence-electron chi connectivity index (χ1n) is 5.26. The molecule has 1 aromatic heterocycles. The molecule has 0 aliphatic rings. The van der Waals surface area contributed by atoms with E-state index in [1.165, 1.54) is 6.07 Å². The molecule has 0 aliphatic heterocycles. The Balaban J connectivity index is 3.15. The minimum Gasteiger partial charge on any atom is -0.323 e. The number of aromatic nitrogens is 1. The first-order chi connectivity index (χ1) is 8.66. The van der Waals surface area contributed by atoms with Gasteiger partial charge in [0.15, 0.2) is 23.4 Å². The van der Waals surface area contributed by atoms with Crippen molar-refractivity contribution in [2.75, 3.05) is 5.75 Å². The highest BCUT2D eigenvalue weighted by atomic mass is 32.2. The fourth-order valence-corrected chi connectivity index (χ4v) is 4.01. The maximum atomic E-state index is 11.2. The van der Waals surface area contributed by atoms with E-state index in [-0.39, 0.29) is 0 Å². The van der Waals surface area contributed by atoms with Crippen molar-refractivity contribution in [2.24, 2.45) is 0 Å². The molecule has 0 aromatic carbocycles. The van der Waals surface area contributed by atoms with Gasteiger partial charge in [-0.3, -0.25) is 9.12 Å². The summed E-state index contributed by atoms with van der Waals surface area (Å²) in [5, 5.41) is 0. The second kappa shape index (κ2) is 6.34. The van der Waals surface area contributed by atoms with Gasteiger partial charge in [0.1, 0.15) is 0 Å². The summed E-state index contributed by atoms with van der Waals surface area (Å²) in [6.45, 7) is 0.457. The molecule has 0 spiro atoms. The van der Waals surface area contributed by atoms with E-state index in [9.17, 15) is 13.0 Å². The molecular weight excluding hydrogens is 313 g/mol. The van der Waals surface area contributed by atoms with Gasteiger partial charge in [-0.05, 0) is 0 Å². The number of rotatable bonds is 6. The van der Waals surface area contributed by atoms with Gasteiger partial charge in [0.25, 0.3) is 10.1 Å². The number of hydrogen-bond acceptors (Lipinski definition) is 4. The number of aryl methyl sites for hydroxylation is 1. The van der Waals surface area contributed by atoms with Crippen molar-refractivity contribution < 1.29 is 31.9 Å². The minimum absolute atomic E-state index is 0.391. The third-order valence-corrected chi connectivity index (χ3v) is 6.09. The van der Waals surface area contributed by atoms with Crippen LogP contribution in [0.25, 0.3) is 0 Å². The van der Waals surface area contributed by atoms with Crippen LogP contribution in [0.3, 0.4) is 0 Å². The summed E-state index contributed by atoms with van der Waals surface area (Å²) >= 11 is 4.04. The third-order valence-electron chi connectivity index (χ3n) is 2.48. The van der Waals surface area contributed by atoms with Crippen molar-refractivity contribution >= 4 is 30.3 Å². The number of hydrogen-bond donors (Lipinski definition) is 4. The fraction of sp³-hybridized carbons (Fsp3) is 0.444. The van der Waals surface area contributed by atoms with Crippen molar-refractivity contribution in [3.05, 3.63) is 30.1 Å². The SMILES string of the molecule is O=P(O)(O)C(Cc1cccc[n+]1CCS)S(=O)(=O)O. The molecule has 0 radical (unpaired) electrons. The van der Waals surface area contributed by atoms with E-state index >= 15 is 0 Å². The van der Waals surface area contributed by atoms with E-state index in [0.717, 1.165) is 0 Å². The summed E-state index contributed by atoms with van der Waals surface area (Å²) in [6.07, 6.45) is 1.17. The lowest BCUT2D eigenvalue weighted by molar-refractivity contribution is -0.699. The van der Waals surface area contributed by atoms with Gasteiger partial charge in [-0.2, -0.15) is 21.0 Å². The predicted octanol–water partition coefficient (Wildman–Crippen LogP) is -0.162. The third kappa shape index (κ3) is 4.87. The molecule has 0 bridgehead atoms. The Bertz CT molecular complexity index is 584. The molecule has 0 aliphatic carbocycles. The van der Waals surface area contributed by atoms with Crippen LogP contribution in [0, 0.1) is 0 Å². The van der Waals surface area contributed by atoms with Gasteiger partial charge < -0.3 is 9.79 Å². The van der Waals surface area contributed by atoms with Crippen LogP contribution in [0.2, 0.25) is 0 Å². The van der Waals surface area contributed by atoms with Gasteiger partial charge in [0, 0.05) is 17.9 Å². The van der Waals surface area contributed by atoms with E-state index in [2.05, 4.69) is 12.6 Å². The second-order valence-corrected chi connectivity index (χ2v) is 8.07. The zero-order valence-corrected chi connectivity index (χ0v) is 12.4. The van der Waals surface area contributed by atoms with Gasteiger partial charge in [0.2, 0.25) is 0 Å². The largest absolute Gasteiger partial charge is 0.346 e. The first-order valence-corrected chi connectivity index (χ1v) is 9.07. The normalized spacial score (nSPS) is 14.3. The molecule has 1 heterocycles. The Labute approximate surface area is 116 Å². The average Bonchev–Trinajstić information content (AvgIpc) is 2.25. The molecule has 1 atom stereocenters. The van der Waals surface area contributed by atoms with Crippen LogP contribution in [-0.2, 0) is 27.6 Å². The molecule has 19 heavy (non-hydrogen) atoms. The zero-order chi connectivity index (χ0) is 14.7. The lowest BCUT2D eigenvalue weighted by atomic mass is 10.3. The lowest BCUT2D eigenvalue weighted by Gasteiger charge is -2.14. The van der Waals surface area contributed by atoms with Crippen molar-refractivity contribution in [1.82, 2.24) is 0 Å². The molecule has 10 heteroatoms. The summed E-state index contributed by atoms with van der Waals surface area (Å²) in [7, 11) is -9.82. The van der Waals surface area contributed by atoms with Crippen LogP contribution in [0.1, 0.15) is 5.69 Å². The van der Waals surface area contributed by atoms with Crippen molar-refractivity contribution in [3.63, 3.8) is 0 Å². The monoisotopic (exact) mass is 328 g/mol. The average molecular weight is 328 g/mol. The molecule has 1 rings (SSSR count). The number of pyridine rings is 1. The fourth-order valence-electron chi connectivity index (χ4n) is 1.60. The molecular formula is C9H15NO6PS2+. The van der Waals surface area contributed by atoms with Crippen LogP contribution in [0.4, 0.5) is 0 Å². The van der Waals surface area contributed by atoms with Gasteiger partial charge in [-0.1, -0.05) is 6.07 Å². The van der Waals surface area contributed by atoms with Gasteiger partial charge in [-0.25, -0.2) is 4.57 Å². The topological polar surface area (TPSA) is 116 Å². The highest BCUT2D eigenvalue weighted by Gasteiger charge is 2.41. The Morgan fingerprint density at radius 1 is 1.37 bits per heavy atom. The second-order valence-electron chi connectivity index (χ2n) is 3.87. The Morgan fingerprint density at radius 2 is 2.00 bits per heavy atom. The van der Waals surface area contributed by atoms with Crippen LogP contribution in [0.15, 0.2) is 24.4 Å². The summed E-state index contributed by atoms with van der Waals surface area (Å²) < 4.78 is 43.9. The highest BCUT2D eigenvalue weighted by molar-refractivity contribution is 7.93. The summed E-state index contributed by atoms with van der Waals surface area (Å²) in [4.78, 5) is 15.9. The van der Waals surface area contributed by atoms with Gasteiger partial charge in [-0.15, -0.1) is 0 Å². The van der Waals surface area contributed by atoms with Crippen LogP contribution in [-0.4, -0.2) is 33.5 Å². The summed E-state index contributed by atoms with van der Waals surface area (Å²) in [6, 6.07) is 4.86. The maximum absolute atomic E-state index is 11.2. The van der Waals surface area contributed by atoms with E-state index < -0.39 is 29.1 Å². The van der Waals surface area contributed by atoms with E-state index in [0.29, 0.717) is 18.0 Å². The Morgan fingerprint density at radius 3 is 2.47 bits per heavy atom. The number of nitrogens with zero attached hydrogens (tertiary/aromatic N) is 1.